The van der Waals surface area contributed by atoms with E-state index >= 15 is 0 Å². The van der Waals surface area contributed by atoms with Crippen LogP contribution < -0.4 is 5.73 Å². The molecule has 0 unspecified atom stereocenters. The van der Waals surface area contributed by atoms with Gasteiger partial charge in [0.15, 0.2) is 5.82 Å². The van der Waals surface area contributed by atoms with Gasteiger partial charge in [-0.1, -0.05) is 0 Å². The summed E-state index contributed by atoms with van der Waals surface area (Å²) in [6, 6.07) is 3.75. The van der Waals surface area contributed by atoms with Crippen LogP contribution in [0.2, 0.25) is 0 Å². The highest BCUT2D eigenvalue weighted by molar-refractivity contribution is 5.59. The zero-order chi connectivity index (χ0) is 14.3. The quantitative estimate of drug-likeness (QED) is 0.678. The minimum Gasteiger partial charge on any atom is -0.324 e. The molecule has 1 aliphatic rings. The van der Waals surface area contributed by atoms with Crippen molar-refractivity contribution in [2.75, 3.05) is 0 Å². The Morgan fingerprint density at radius 1 is 1.45 bits per heavy atom. The van der Waals surface area contributed by atoms with E-state index in [1.807, 2.05) is 4.57 Å². The number of rotatable bonds is 4. The zero-order valence-corrected chi connectivity index (χ0v) is 10.5. The van der Waals surface area contributed by atoms with Crippen LogP contribution in [-0.4, -0.2) is 19.7 Å². The van der Waals surface area contributed by atoms with Gasteiger partial charge in [-0.2, -0.15) is 0 Å². The van der Waals surface area contributed by atoms with E-state index < -0.39 is 10.7 Å². The number of nitro benzene ring substituents is 1. The van der Waals surface area contributed by atoms with E-state index in [-0.39, 0.29) is 23.8 Å². The van der Waals surface area contributed by atoms with Crippen LogP contribution >= 0.6 is 0 Å². The molecular formula is C12H12FN5O2. The van der Waals surface area contributed by atoms with Crippen molar-refractivity contribution in [3.05, 3.63) is 40.0 Å². The highest BCUT2D eigenvalue weighted by atomic mass is 19.1. The summed E-state index contributed by atoms with van der Waals surface area (Å²) in [4.78, 5) is 9.99. The van der Waals surface area contributed by atoms with Crippen LogP contribution in [0.4, 0.5) is 10.1 Å². The molecule has 104 valence electrons. The second-order valence-electron chi connectivity index (χ2n) is 4.67. The van der Waals surface area contributed by atoms with Gasteiger partial charge in [-0.05, 0) is 18.9 Å². The van der Waals surface area contributed by atoms with Crippen LogP contribution in [0.25, 0.3) is 11.4 Å². The topological polar surface area (TPSA) is 99.9 Å². The Bertz CT molecular complexity index is 680. The predicted molar refractivity (Wildman–Crippen MR) is 68.2 cm³/mol. The average Bonchev–Trinajstić information content (AvgIpc) is 3.18. The summed E-state index contributed by atoms with van der Waals surface area (Å²) in [5, 5.41) is 18.6. The van der Waals surface area contributed by atoms with Crippen molar-refractivity contribution in [1.82, 2.24) is 14.8 Å². The summed E-state index contributed by atoms with van der Waals surface area (Å²) < 4.78 is 15.9. The molecule has 0 radical (unpaired) electrons. The largest absolute Gasteiger partial charge is 0.324 e. The van der Waals surface area contributed by atoms with Gasteiger partial charge in [-0.15, -0.1) is 10.2 Å². The molecule has 0 aliphatic heterocycles. The Labute approximate surface area is 113 Å². The van der Waals surface area contributed by atoms with Crippen LogP contribution in [0.5, 0.6) is 0 Å². The fourth-order valence-corrected chi connectivity index (χ4v) is 2.16. The van der Waals surface area contributed by atoms with Gasteiger partial charge in [0.1, 0.15) is 11.6 Å². The number of hydrogen-bond acceptors (Lipinski definition) is 5. The number of aromatic nitrogens is 3. The Morgan fingerprint density at radius 2 is 2.20 bits per heavy atom. The Morgan fingerprint density at radius 3 is 2.75 bits per heavy atom. The first-order valence-corrected chi connectivity index (χ1v) is 6.20. The summed E-state index contributed by atoms with van der Waals surface area (Å²) in [6.07, 6.45) is 1.96. The first kappa shape index (κ1) is 12.7. The summed E-state index contributed by atoms with van der Waals surface area (Å²) in [7, 11) is 0. The minimum atomic E-state index is -0.683. The highest BCUT2D eigenvalue weighted by Gasteiger charge is 2.30. The normalized spacial score (nSPS) is 14.5. The van der Waals surface area contributed by atoms with Crippen molar-refractivity contribution in [3.63, 3.8) is 0 Å². The molecule has 2 N–H and O–H groups in total. The lowest BCUT2D eigenvalue weighted by Crippen LogP contribution is -2.08. The number of halogens is 1. The maximum absolute atomic E-state index is 14.1. The molecule has 1 saturated carbocycles. The zero-order valence-electron chi connectivity index (χ0n) is 10.5. The van der Waals surface area contributed by atoms with E-state index in [0.717, 1.165) is 18.9 Å². The van der Waals surface area contributed by atoms with Crippen LogP contribution in [0.15, 0.2) is 18.2 Å². The molecule has 2 aromatic rings. The fourth-order valence-electron chi connectivity index (χ4n) is 2.16. The van der Waals surface area contributed by atoms with E-state index in [0.29, 0.717) is 11.6 Å². The van der Waals surface area contributed by atoms with E-state index in [4.69, 9.17) is 5.73 Å². The van der Waals surface area contributed by atoms with Crippen molar-refractivity contribution < 1.29 is 9.31 Å². The lowest BCUT2D eigenvalue weighted by molar-refractivity contribution is -0.385. The molecule has 1 heterocycles. The highest BCUT2D eigenvalue weighted by Crippen LogP contribution is 2.39. The lowest BCUT2D eigenvalue weighted by Gasteiger charge is -2.08. The third-order valence-corrected chi connectivity index (χ3v) is 3.27. The van der Waals surface area contributed by atoms with Gasteiger partial charge in [0.25, 0.3) is 5.69 Å². The predicted octanol–water partition coefficient (Wildman–Crippen LogP) is 1.79. The molecule has 0 amide bonds. The SMILES string of the molecule is NCc1nnc(-c2ccc([N+](=O)[O-])cc2F)n1C1CC1. The molecule has 20 heavy (non-hydrogen) atoms. The lowest BCUT2D eigenvalue weighted by atomic mass is 10.1. The standard InChI is InChI=1S/C12H12FN5O2/c13-10-5-8(18(19)20)3-4-9(10)12-16-15-11(6-14)17(12)7-1-2-7/h3-5,7H,1-2,6,14H2. The van der Waals surface area contributed by atoms with Crippen LogP contribution in [0.1, 0.15) is 24.7 Å². The molecule has 0 bridgehead atoms. The first-order chi connectivity index (χ1) is 9.61. The molecule has 1 aromatic heterocycles. The molecule has 0 spiro atoms. The monoisotopic (exact) mass is 277 g/mol. The third-order valence-electron chi connectivity index (χ3n) is 3.27. The van der Waals surface area contributed by atoms with E-state index in [2.05, 4.69) is 10.2 Å². The maximum atomic E-state index is 14.1. The number of hydrogen-bond donors (Lipinski definition) is 1. The Kier molecular flexibility index (Phi) is 2.94. The van der Waals surface area contributed by atoms with Gasteiger partial charge in [0.05, 0.1) is 23.1 Å². The maximum Gasteiger partial charge on any atom is 0.272 e. The van der Waals surface area contributed by atoms with Crippen molar-refractivity contribution in [3.8, 4) is 11.4 Å². The summed E-state index contributed by atoms with van der Waals surface area (Å²) in [5.74, 6) is 0.290. The van der Waals surface area contributed by atoms with Gasteiger partial charge in [0, 0.05) is 12.1 Å². The molecule has 1 aliphatic carbocycles. The number of nitrogens with two attached hydrogens (primary N) is 1. The third kappa shape index (κ3) is 2.03. The summed E-state index contributed by atoms with van der Waals surface area (Å²) in [6.45, 7) is 0.220. The molecule has 0 atom stereocenters. The number of nitro groups is 1. The van der Waals surface area contributed by atoms with Crippen LogP contribution in [0.3, 0.4) is 0 Å². The van der Waals surface area contributed by atoms with Gasteiger partial charge in [0.2, 0.25) is 0 Å². The van der Waals surface area contributed by atoms with E-state index in [1.165, 1.54) is 12.1 Å². The van der Waals surface area contributed by atoms with Gasteiger partial charge in [-0.3, -0.25) is 10.1 Å². The number of non-ortho nitro benzene ring substituents is 1. The minimum absolute atomic E-state index is 0.203. The number of nitrogens with zero attached hydrogens (tertiary/aromatic N) is 4. The Hall–Kier alpha value is -2.35. The van der Waals surface area contributed by atoms with Crippen molar-refractivity contribution in [2.45, 2.75) is 25.4 Å². The second-order valence-corrected chi connectivity index (χ2v) is 4.67. The van der Waals surface area contributed by atoms with E-state index in [1.54, 1.807) is 0 Å². The molecule has 1 fully saturated rings. The molecule has 0 saturated heterocycles. The Balaban J connectivity index is 2.09. The summed E-state index contributed by atoms with van der Waals surface area (Å²) in [5.41, 5.74) is 5.52. The average molecular weight is 277 g/mol. The van der Waals surface area contributed by atoms with Crippen LogP contribution in [-0.2, 0) is 6.54 Å². The van der Waals surface area contributed by atoms with E-state index in [9.17, 15) is 14.5 Å². The first-order valence-electron chi connectivity index (χ1n) is 6.20. The molecular weight excluding hydrogens is 265 g/mol. The van der Waals surface area contributed by atoms with Crippen molar-refractivity contribution in [2.24, 2.45) is 5.73 Å². The smallest absolute Gasteiger partial charge is 0.272 e. The molecule has 1 aromatic carbocycles. The van der Waals surface area contributed by atoms with Gasteiger partial charge < -0.3 is 10.3 Å². The van der Waals surface area contributed by atoms with Crippen molar-refractivity contribution in [1.29, 1.82) is 0 Å². The van der Waals surface area contributed by atoms with Gasteiger partial charge in [-0.25, -0.2) is 4.39 Å². The van der Waals surface area contributed by atoms with Crippen molar-refractivity contribution >= 4 is 5.69 Å². The second kappa shape index (κ2) is 4.64. The molecule has 3 rings (SSSR count). The molecule has 7 nitrogen and oxygen atoms in total. The summed E-state index contributed by atoms with van der Waals surface area (Å²) >= 11 is 0. The fraction of sp³-hybridized carbons (Fsp3) is 0.333. The number of benzene rings is 1. The molecule has 8 heteroatoms. The van der Waals surface area contributed by atoms with Crippen LogP contribution in [0, 0.1) is 15.9 Å². The van der Waals surface area contributed by atoms with Gasteiger partial charge >= 0.3 is 0 Å².